The Balaban J connectivity index is 0.00000361. The van der Waals surface area contributed by atoms with Crippen LogP contribution in [0.4, 0.5) is 0 Å². The molecule has 0 fully saturated rings. The van der Waals surface area contributed by atoms with E-state index in [-0.39, 0.29) is 24.0 Å². The van der Waals surface area contributed by atoms with Crippen LogP contribution >= 0.6 is 35.3 Å². The number of halogens is 1. The van der Waals surface area contributed by atoms with Crippen LogP contribution in [0.1, 0.15) is 38.0 Å². The predicted molar refractivity (Wildman–Crippen MR) is 101 cm³/mol. The van der Waals surface area contributed by atoms with Gasteiger partial charge in [0.2, 0.25) is 0 Å². The van der Waals surface area contributed by atoms with Gasteiger partial charge in [-0.15, -0.1) is 35.3 Å². The van der Waals surface area contributed by atoms with Gasteiger partial charge in [0.25, 0.3) is 0 Å². The molecule has 2 N–H and O–H groups in total. The van der Waals surface area contributed by atoms with E-state index in [9.17, 15) is 0 Å². The Bertz CT molecular complexity index is 352. The van der Waals surface area contributed by atoms with Crippen LogP contribution in [0.25, 0.3) is 0 Å². The Kier molecular flexibility index (Phi) is 12.3. The first-order valence-electron chi connectivity index (χ1n) is 7.23. The van der Waals surface area contributed by atoms with Gasteiger partial charge in [0.15, 0.2) is 5.96 Å². The Hall–Kier alpha value is -0.300. The van der Waals surface area contributed by atoms with Crippen molar-refractivity contribution in [1.82, 2.24) is 10.6 Å². The van der Waals surface area contributed by atoms with Gasteiger partial charge >= 0.3 is 0 Å². The highest BCUT2D eigenvalue weighted by Gasteiger charge is 2.05. The summed E-state index contributed by atoms with van der Waals surface area (Å²) < 4.78 is 0. The molecule has 1 rings (SSSR count). The zero-order valence-electron chi connectivity index (χ0n) is 12.8. The maximum absolute atomic E-state index is 4.25. The second-order valence-corrected chi connectivity index (χ2v) is 6.01. The van der Waals surface area contributed by atoms with Crippen LogP contribution in [0.5, 0.6) is 0 Å². The summed E-state index contributed by atoms with van der Waals surface area (Å²) in [6, 6.07) is 4.33. The molecule has 1 heterocycles. The first-order chi connectivity index (χ1) is 9.26. The molecule has 0 amide bonds. The van der Waals surface area contributed by atoms with Gasteiger partial charge in [0.05, 0.1) is 0 Å². The second-order valence-electron chi connectivity index (χ2n) is 4.98. The maximum atomic E-state index is 4.25. The Morgan fingerprint density at radius 3 is 2.75 bits per heavy atom. The molecule has 20 heavy (non-hydrogen) atoms. The first-order valence-corrected chi connectivity index (χ1v) is 8.11. The molecule has 0 radical (unpaired) electrons. The molecular weight excluding hydrogens is 381 g/mol. The Morgan fingerprint density at radius 2 is 2.15 bits per heavy atom. The van der Waals surface area contributed by atoms with Crippen molar-refractivity contribution in [3.63, 3.8) is 0 Å². The molecule has 0 aliphatic carbocycles. The van der Waals surface area contributed by atoms with Gasteiger partial charge in [-0.2, -0.15) is 0 Å². The van der Waals surface area contributed by atoms with Crippen molar-refractivity contribution in [2.45, 2.75) is 39.5 Å². The lowest BCUT2D eigenvalue weighted by Crippen LogP contribution is -2.40. The summed E-state index contributed by atoms with van der Waals surface area (Å²) in [5.41, 5.74) is 0. The zero-order valence-corrected chi connectivity index (χ0v) is 16.0. The average molecular weight is 409 g/mol. The van der Waals surface area contributed by atoms with Crippen LogP contribution in [-0.4, -0.2) is 26.1 Å². The minimum atomic E-state index is 0. The molecule has 1 aromatic rings. The quantitative estimate of drug-likeness (QED) is 0.296. The number of nitrogens with one attached hydrogen (secondary N) is 2. The third kappa shape index (κ3) is 8.79. The van der Waals surface area contributed by atoms with Crippen LogP contribution in [0, 0.1) is 5.92 Å². The second kappa shape index (κ2) is 12.4. The van der Waals surface area contributed by atoms with Crippen LogP contribution < -0.4 is 10.6 Å². The monoisotopic (exact) mass is 409 g/mol. The van der Waals surface area contributed by atoms with Crippen molar-refractivity contribution in [3.05, 3.63) is 22.4 Å². The first kappa shape index (κ1) is 19.7. The molecule has 1 unspecified atom stereocenters. The molecule has 0 saturated heterocycles. The van der Waals surface area contributed by atoms with Crippen molar-refractivity contribution in [2.24, 2.45) is 10.9 Å². The standard InChI is InChI=1S/C15H27N3S.HI/c1-4-5-6-9-17-15(16-3)18-12-13(2)11-14-8-7-10-19-14;/h7-8,10,13H,4-6,9,11-12H2,1-3H3,(H2,16,17,18);1H. The van der Waals surface area contributed by atoms with E-state index in [1.165, 1.54) is 24.1 Å². The number of nitrogens with zero attached hydrogens (tertiary/aromatic N) is 1. The van der Waals surface area contributed by atoms with Crippen LogP contribution in [0.2, 0.25) is 0 Å². The zero-order chi connectivity index (χ0) is 13.9. The molecule has 0 spiro atoms. The number of thiophene rings is 1. The van der Waals surface area contributed by atoms with Gasteiger partial charge in [0, 0.05) is 25.0 Å². The van der Waals surface area contributed by atoms with Crippen molar-refractivity contribution in [3.8, 4) is 0 Å². The summed E-state index contributed by atoms with van der Waals surface area (Å²) in [6.07, 6.45) is 4.88. The largest absolute Gasteiger partial charge is 0.356 e. The van der Waals surface area contributed by atoms with E-state index in [4.69, 9.17) is 0 Å². The summed E-state index contributed by atoms with van der Waals surface area (Å²) in [6.45, 7) is 6.47. The van der Waals surface area contributed by atoms with Crippen molar-refractivity contribution in [1.29, 1.82) is 0 Å². The van der Waals surface area contributed by atoms with Gasteiger partial charge in [-0.05, 0) is 30.2 Å². The number of guanidine groups is 1. The van der Waals surface area contributed by atoms with E-state index in [1.807, 2.05) is 18.4 Å². The summed E-state index contributed by atoms with van der Waals surface area (Å²) >= 11 is 1.84. The third-order valence-corrected chi connectivity index (χ3v) is 3.94. The molecule has 5 heteroatoms. The van der Waals surface area contributed by atoms with Gasteiger partial charge in [0.1, 0.15) is 0 Å². The summed E-state index contributed by atoms with van der Waals surface area (Å²) in [5.74, 6) is 1.54. The molecule has 0 saturated carbocycles. The number of rotatable bonds is 8. The lowest BCUT2D eigenvalue weighted by molar-refractivity contribution is 0.560. The van der Waals surface area contributed by atoms with Crippen LogP contribution in [0.3, 0.4) is 0 Å². The molecule has 0 aliphatic rings. The van der Waals surface area contributed by atoms with Crippen molar-refractivity contribution >= 4 is 41.3 Å². The number of hydrogen-bond donors (Lipinski definition) is 2. The van der Waals surface area contributed by atoms with E-state index in [0.29, 0.717) is 5.92 Å². The van der Waals surface area contributed by atoms with Crippen LogP contribution in [0.15, 0.2) is 22.5 Å². The van der Waals surface area contributed by atoms with Crippen molar-refractivity contribution in [2.75, 3.05) is 20.1 Å². The van der Waals surface area contributed by atoms with Gasteiger partial charge < -0.3 is 10.6 Å². The third-order valence-electron chi connectivity index (χ3n) is 3.04. The van der Waals surface area contributed by atoms with E-state index in [1.54, 1.807) is 0 Å². The van der Waals surface area contributed by atoms with Gasteiger partial charge in [-0.25, -0.2) is 0 Å². The van der Waals surface area contributed by atoms with E-state index in [2.05, 4.69) is 47.0 Å². The van der Waals surface area contributed by atoms with E-state index < -0.39 is 0 Å². The minimum absolute atomic E-state index is 0. The lowest BCUT2D eigenvalue weighted by Gasteiger charge is -2.15. The van der Waals surface area contributed by atoms with Gasteiger partial charge in [-0.1, -0.05) is 32.8 Å². The molecular formula is C15H28IN3S. The fraction of sp³-hybridized carbons (Fsp3) is 0.667. The Labute approximate surface area is 144 Å². The average Bonchev–Trinajstić information content (AvgIpc) is 2.91. The molecule has 0 aromatic carbocycles. The van der Waals surface area contributed by atoms with Gasteiger partial charge in [-0.3, -0.25) is 4.99 Å². The molecule has 0 bridgehead atoms. The molecule has 116 valence electrons. The highest BCUT2D eigenvalue weighted by Crippen LogP contribution is 2.13. The smallest absolute Gasteiger partial charge is 0.190 e. The van der Waals surface area contributed by atoms with E-state index >= 15 is 0 Å². The summed E-state index contributed by atoms with van der Waals surface area (Å²) in [4.78, 5) is 5.71. The van der Waals surface area contributed by atoms with Crippen LogP contribution in [-0.2, 0) is 6.42 Å². The predicted octanol–water partition coefficient (Wildman–Crippen LogP) is 3.90. The number of aliphatic imine (C=N–C) groups is 1. The molecule has 1 aromatic heterocycles. The summed E-state index contributed by atoms with van der Waals surface area (Å²) in [7, 11) is 1.83. The minimum Gasteiger partial charge on any atom is -0.356 e. The van der Waals surface area contributed by atoms with E-state index in [0.717, 1.165) is 25.5 Å². The molecule has 1 atom stereocenters. The highest BCUT2D eigenvalue weighted by molar-refractivity contribution is 14.0. The molecule has 0 aliphatic heterocycles. The fourth-order valence-electron chi connectivity index (χ4n) is 1.92. The topological polar surface area (TPSA) is 36.4 Å². The Morgan fingerprint density at radius 1 is 1.35 bits per heavy atom. The van der Waals surface area contributed by atoms with Crippen molar-refractivity contribution < 1.29 is 0 Å². The fourth-order valence-corrected chi connectivity index (χ4v) is 2.79. The maximum Gasteiger partial charge on any atom is 0.190 e. The lowest BCUT2D eigenvalue weighted by atomic mass is 10.1. The number of unbranched alkanes of at least 4 members (excludes halogenated alkanes) is 2. The molecule has 3 nitrogen and oxygen atoms in total. The summed E-state index contributed by atoms with van der Waals surface area (Å²) in [5, 5.41) is 8.90. The SMILES string of the molecule is CCCCCNC(=NC)NCC(C)Cc1cccs1.I. The normalized spacial score (nSPS) is 12.7. The highest BCUT2D eigenvalue weighted by atomic mass is 127. The number of hydrogen-bond acceptors (Lipinski definition) is 2.